The minimum Gasteiger partial charge on any atom is -0.335 e. The molecule has 0 unspecified atom stereocenters. The second-order valence-electron chi connectivity index (χ2n) is 6.47. The number of nitrogens with one attached hydrogen (secondary N) is 1. The van der Waals surface area contributed by atoms with Gasteiger partial charge in [-0.1, -0.05) is 54.9 Å². The third kappa shape index (κ3) is 5.39. The van der Waals surface area contributed by atoms with Crippen LogP contribution >= 0.6 is 11.6 Å². The van der Waals surface area contributed by atoms with Crippen molar-refractivity contribution in [3.8, 4) is 11.4 Å². The number of hydrogen-bond acceptors (Lipinski definition) is 5. The first kappa shape index (κ1) is 20.5. The molecule has 0 aliphatic carbocycles. The summed E-state index contributed by atoms with van der Waals surface area (Å²) in [4.78, 5) is 27.1. The van der Waals surface area contributed by atoms with Crippen LogP contribution in [0.2, 0.25) is 5.02 Å². The summed E-state index contributed by atoms with van der Waals surface area (Å²) in [6, 6.07) is 14.8. The molecule has 0 fully saturated rings. The smallest absolute Gasteiger partial charge is 0.246 e. The molecule has 0 aliphatic rings. The van der Waals surface area contributed by atoms with Crippen LogP contribution in [0.25, 0.3) is 11.4 Å². The maximum atomic E-state index is 12.4. The number of hydrogen-bond donors (Lipinski definition) is 1. The molecule has 3 rings (SSSR count). The molecule has 2 amide bonds. The maximum absolute atomic E-state index is 12.4. The first-order chi connectivity index (χ1) is 14.0. The quantitative estimate of drug-likeness (QED) is 0.644. The van der Waals surface area contributed by atoms with Gasteiger partial charge in [0.05, 0.1) is 17.3 Å². The maximum Gasteiger partial charge on any atom is 0.246 e. The van der Waals surface area contributed by atoms with Gasteiger partial charge in [0.1, 0.15) is 6.54 Å². The van der Waals surface area contributed by atoms with Gasteiger partial charge in [-0.15, -0.1) is 10.2 Å². The lowest BCUT2D eigenvalue weighted by Crippen LogP contribution is -2.37. The molecule has 0 spiro atoms. The molecule has 9 heteroatoms. The lowest BCUT2D eigenvalue weighted by molar-refractivity contribution is -0.134. The summed E-state index contributed by atoms with van der Waals surface area (Å²) in [5.74, 6) is -0.221. The fourth-order valence-electron chi connectivity index (χ4n) is 2.61. The highest BCUT2D eigenvalue weighted by Crippen LogP contribution is 2.20. The summed E-state index contributed by atoms with van der Waals surface area (Å²) in [5.41, 5.74) is 2.54. The van der Waals surface area contributed by atoms with Gasteiger partial charge in [-0.3, -0.25) is 9.59 Å². The van der Waals surface area contributed by atoms with Gasteiger partial charge in [0.2, 0.25) is 17.6 Å². The summed E-state index contributed by atoms with van der Waals surface area (Å²) in [5, 5.41) is 15.3. The van der Waals surface area contributed by atoms with E-state index in [0.29, 0.717) is 16.5 Å². The van der Waals surface area contributed by atoms with Gasteiger partial charge in [0.15, 0.2) is 0 Å². The fourth-order valence-corrected chi connectivity index (χ4v) is 2.80. The number of halogens is 1. The van der Waals surface area contributed by atoms with Crippen LogP contribution in [0, 0.1) is 0 Å². The number of likely N-dealkylation sites (N-methyl/N-ethyl adjacent to an activating group) is 1. The van der Waals surface area contributed by atoms with E-state index < -0.39 is 0 Å². The lowest BCUT2D eigenvalue weighted by Gasteiger charge is -2.16. The molecule has 3 aromatic rings. The summed E-state index contributed by atoms with van der Waals surface area (Å²) < 4.78 is 0. The molecular formula is C20H21ClN6O2. The van der Waals surface area contributed by atoms with Crippen molar-refractivity contribution in [3.05, 3.63) is 59.1 Å². The van der Waals surface area contributed by atoms with E-state index >= 15 is 0 Å². The molecule has 150 valence electrons. The summed E-state index contributed by atoms with van der Waals surface area (Å²) in [6.45, 7) is 1.85. The van der Waals surface area contributed by atoms with Crippen LogP contribution in [-0.2, 0) is 22.6 Å². The number of amides is 2. The number of anilines is 1. The lowest BCUT2D eigenvalue weighted by atomic mass is 10.1. The predicted molar refractivity (Wildman–Crippen MR) is 110 cm³/mol. The van der Waals surface area contributed by atoms with Crippen molar-refractivity contribution in [1.29, 1.82) is 0 Å². The summed E-state index contributed by atoms with van der Waals surface area (Å²) in [7, 11) is 1.54. The second-order valence-corrected chi connectivity index (χ2v) is 6.88. The Labute approximate surface area is 173 Å². The van der Waals surface area contributed by atoms with Crippen LogP contribution in [-0.4, -0.2) is 50.5 Å². The highest BCUT2D eigenvalue weighted by molar-refractivity contribution is 6.33. The summed E-state index contributed by atoms with van der Waals surface area (Å²) >= 11 is 6.02. The number of para-hydroxylation sites is 1. The average Bonchev–Trinajstić information content (AvgIpc) is 3.18. The van der Waals surface area contributed by atoms with Crippen molar-refractivity contribution >= 4 is 29.1 Å². The van der Waals surface area contributed by atoms with Gasteiger partial charge in [-0.05, 0) is 29.3 Å². The Morgan fingerprint density at radius 3 is 2.55 bits per heavy atom. The van der Waals surface area contributed by atoms with Crippen molar-refractivity contribution < 1.29 is 9.59 Å². The number of tetrazole rings is 1. The third-order valence-electron chi connectivity index (χ3n) is 4.30. The van der Waals surface area contributed by atoms with Gasteiger partial charge >= 0.3 is 0 Å². The Morgan fingerprint density at radius 2 is 1.86 bits per heavy atom. The van der Waals surface area contributed by atoms with Crippen molar-refractivity contribution in [2.45, 2.75) is 19.9 Å². The molecular weight excluding hydrogens is 392 g/mol. The third-order valence-corrected chi connectivity index (χ3v) is 4.63. The Hall–Kier alpha value is -3.26. The number of aryl methyl sites for hydroxylation is 1. The molecule has 0 radical (unpaired) electrons. The van der Waals surface area contributed by atoms with Crippen LogP contribution in [0.4, 0.5) is 5.69 Å². The first-order valence-electron chi connectivity index (χ1n) is 9.11. The molecule has 0 atom stereocenters. The number of rotatable bonds is 7. The van der Waals surface area contributed by atoms with E-state index in [1.807, 2.05) is 24.3 Å². The van der Waals surface area contributed by atoms with Crippen molar-refractivity contribution in [1.82, 2.24) is 25.1 Å². The molecule has 1 aromatic heterocycles. The van der Waals surface area contributed by atoms with E-state index in [2.05, 4.69) is 27.7 Å². The number of nitrogens with zero attached hydrogens (tertiary/aromatic N) is 5. The van der Waals surface area contributed by atoms with E-state index in [9.17, 15) is 9.59 Å². The molecule has 0 aliphatic heterocycles. The Kier molecular flexibility index (Phi) is 6.56. The molecule has 0 bridgehead atoms. The van der Waals surface area contributed by atoms with Crippen molar-refractivity contribution in [2.24, 2.45) is 0 Å². The van der Waals surface area contributed by atoms with E-state index in [1.165, 1.54) is 22.3 Å². The Balaban J connectivity index is 1.56. The Bertz CT molecular complexity index is 1000. The zero-order chi connectivity index (χ0) is 20.8. The molecule has 0 saturated carbocycles. The van der Waals surface area contributed by atoms with Gasteiger partial charge in [-0.25, -0.2) is 0 Å². The van der Waals surface area contributed by atoms with Crippen LogP contribution in [0.3, 0.4) is 0 Å². The number of benzene rings is 2. The predicted octanol–water partition coefficient (Wildman–Crippen LogP) is 2.65. The van der Waals surface area contributed by atoms with Crippen LogP contribution in [0.5, 0.6) is 0 Å². The topological polar surface area (TPSA) is 93.0 Å². The minimum atomic E-state index is -0.350. The largest absolute Gasteiger partial charge is 0.335 e. The normalized spacial score (nSPS) is 10.6. The number of aromatic nitrogens is 4. The molecule has 8 nitrogen and oxygen atoms in total. The van der Waals surface area contributed by atoms with E-state index in [4.69, 9.17) is 11.6 Å². The first-order valence-corrected chi connectivity index (χ1v) is 9.49. The van der Waals surface area contributed by atoms with Crippen molar-refractivity contribution in [3.63, 3.8) is 0 Å². The molecule has 29 heavy (non-hydrogen) atoms. The monoisotopic (exact) mass is 412 g/mol. The van der Waals surface area contributed by atoms with Gasteiger partial charge in [0, 0.05) is 12.6 Å². The fraction of sp³-hybridized carbons (Fsp3) is 0.250. The molecule has 1 N–H and O–H groups in total. The standard InChI is InChI=1S/C20H21ClN6O2/c1-3-14-8-10-15(11-9-14)20-23-25-27(24-20)13-19(29)26(2)12-18(28)22-17-7-5-4-6-16(17)21/h4-11H,3,12-13H2,1-2H3,(H,22,28). The molecule has 1 heterocycles. The van der Waals surface area contributed by atoms with E-state index in [1.54, 1.807) is 24.3 Å². The number of carbonyl (C=O) groups excluding carboxylic acids is 2. The van der Waals surface area contributed by atoms with Crippen molar-refractivity contribution in [2.75, 3.05) is 18.9 Å². The zero-order valence-corrected chi connectivity index (χ0v) is 16.9. The SMILES string of the molecule is CCc1ccc(-c2nnn(CC(=O)N(C)CC(=O)Nc3ccccc3Cl)n2)cc1. The van der Waals surface area contributed by atoms with E-state index in [-0.39, 0.29) is 24.9 Å². The molecule has 2 aromatic carbocycles. The highest BCUT2D eigenvalue weighted by Gasteiger charge is 2.16. The average molecular weight is 413 g/mol. The number of carbonyl (C=O) groups is 2. The van der Waals surface area contributed by atoms with Gasteiger partial charge in [-0.2, -0.15) is 4.80 Å². The summed E-state index contributed by atoms with van der Waals surface area (Å²) in [6.07, 6.45) is 0.950. The molecule has 0 saturated heterocycles. The minimum absolute atomic E-state index is 0.115. The second kappa shape index (κ2) is 9.29. The highest BCUT2D eigenvalue weighted by atomic mass is 35.5. The zero-order valence-electron chi connectivity index (χ0n) is 16.2. The van der Waals surface area contributed by atoms with Crippen LogP contribution < -0.4 is 5.32 Å². The van der Waals surface area contributed by atoms with E-state index in [0.717, 1.165) is 12.0 Å². The van der Waals surface area contributed by atoms with Crippen LogP contribution in [0.15, 0.2) is 48.5 Å². The Morgan fingerprint density at radius 1 is 1.14 bits per heavy atom. The van der Waals surface area contributed by atoms with Gasteiger partial charge < -0.3 is 10.2 Å². The van der Waals surface area contributed by atoms with Crippen LogP contribution in [0.1, 0.15) is 12.5 Å². The van der Waals surface area contributed by atoms with Gasteiger partial charge in [0.25, 0.3) is 0 Å².